The lowest BCUT2D eigenvalue weighted by Gasteiger charge is -2.27. The van der Waals surface area contributed by atoms with Crippen molar-refractivity contribution >= 4 is 34.5 Å². The Labute approximate surface area is 164 Å². The van der Waals surface area contributed by atoms with Crippen LogP contribution in [0.4, 0.5) is 0 Å². The number of Topliss-reactive ketones (excluding diaryl/α,β-unsaturated/α-hetero) is 1. The lowest BCUT2D eigenvalue weighted by Crippen LogP contribution is -2.46. The van der Waals surface area contributed by atoms with Crippen LogP contribution in [0.1, 0.15) is 47.0 Å². The normalized spacial score (nSPS) is 13.6. The Morgan fingerprint density at radius 3 is 2.30 bits per heavy atom. The molecule has 156 valence electrons. The molecule has 0 fully saturated rings. The predicted molar refractivity (Wildman–Crippen MR) is 104 cm³/mol. The van der Waals surface area contributed by atoms with E-state index in [9.17, 15) is 24.3 Å². The van der Waals surface area contributed by atoms with E-state index in [1.165, 1.54) is 0 Å². The predicted octanol–water partition coefficient (Wildman–Crippen LogP) is 0.253. The summed E-state index contributed by atoms with van der Waals surface area (Å²) < 4.78 is 0. The molecule has 0 bridgehead atoms. The molecule has 2 amide bonds. The first kappa shape index (κ1) is 25.6. The van der Waals surface area contributed by atoms with Crippen molar-refractivity contribution in [3.63, 3.8) is 0 Å². The fraction of sp³-hybridized carbons (Fsp3) is 0.778. The zero-order valence-corrected chi connectivity index (χ0v) is 17.4. The summed E-state index contributed by atoms with van der Waals surface area (Å²) >= 11 is 1.01. The second-order valence-electron chi connectivity index (χ2n) is 7.11. The number of hydrogen-bond donors (Lipinski definition) is 4. The minimum absolute atomic E-state index is 0.0309. The Hall–Kier alpha value is -1.45. The Bertz CT molecular complexity index is 524. The third-order valence-electron chi connectivity index (χ3n) is 4.22. The maximum atomic E-state index is 11.8. The number of amides is 2. The van der Waals surface area contributed by atoms with Crippen molar-refractivity contribution in [2.24, 2.45) is 11.3 Å². The van der Waals surface area contributed by atoms with Gasteiger partial charge in [0.05, 0.1) is 13.0 Å². The van der Waals surface area contributed by atoms with Crippen molar-refractivity contribution in [1.82, 2.24) is 10.6 Å². The van der Waals surface area contributed by atoms with Gasteiger partial charge in [-0.15, -0.1) is 0 Å². The van der Waals surface area contributed by atoms with Gasteiger partial charge in [0.15, 0.2) is 5.12 Å². The topological polar surface area (TPSA) is 133 Å². The Kier molecular flexibility index (Phi) is 12.2. The van der Waals surface area contributed by atoms with Crippen LogP contribution in [0.5, 0.6) is 0 Å². The quantitative estimate of drug-likeness (QED) is 0.255. The number of aliphatic hydroxyl groups excluding tert-OH is 2. The fourth-order valence-electron chi connectivity index (χ4n) is 1.88. The van der Waals surface area contributed by atoms with Crippen LogP contribution in [0.15, 0.2) is 0 Å². The second-order valence-corrected chi connectivity index (χ2v) is 8.27. The van der Waals surface area contributed by atoms with Gasteiger partial charge in [0, 0.05) is 36.6 Å². The van der Waals surface area contributed by atoms with E-state index in [1.807, 2.05) is 6.92 Å². The monoisotopic (exact) mass is 404 g/mol. The van der Waals surface area contributed by atoms with Crippen LogP contribution in [-0.4, -0.2) is 64.5 Å². The van der Waals surface area contributed by atoms with Crippen molar-refractivity contribution < 1.29 is 29.4 Å². The molecule has 0 rings (SSSR count). The third-order valence-corrected chi connectivity index (χ3v) is 5.09. The van der Waals surface area contributed by atoms with Gasteiger partial charge in [0.1, 0.15) is 11.9 Å². The molecule has 27 heavy (non-hydrogen) atoms. The van der Waals surface area contributed by atoms with Gasteiger partial charge in [-0.25, -0.2) is 0 Å². The summed E-state index contributed by atoms with van der Waals surface area (Å²) in [5, 5.41) is 23.8. The highest BCUT2D eigenvalue weighted by molar-refractivity contribution is 8.13. The molecular formula is C18H32N2O6S. The number of thioether (sulfide) groups is 1. The van der Waals surface area contributed by atoms with Crippen LogP contribution in [0.2, 0.25) is 0 Å². The molecule has 0 aliphatic carbocycles. The summed E-state index contributed by atoms with van der Waals surface area (Å²) in [4.78, 5) is 46.8. The molecule has 0 aromatic rings. The number of rotatable bonds is 13. The summed E-state index contributed by atoms with van der Waals surface area (Å²) in [5.41, 5.74) is -0.966. The van der Waals surface area contributed by atoms with Crippen LogP contribution >= 0.6 is 11.8 Å². The summed E-state index contributed by atoms with van der Waals surface area (Å²) in [6.07, 6.45) is -0.723. The minimum Gasteiger partial charge on any atom is -0.396 e. The standard InChI is InChI=1S/C18H32N2O6S/c1-5-12(2)13(22)10-15(24)27-9-8-19-14(23)6-7-20-17(26)16(25)18(3,4)11-21/h12,16,21,25H,5-11H2,1-4H3,(H,19,23)(H,20,26)/t12?,16-/m0/s1. The van der Waals surface area contributed by atoms with E-state index < -0.39 is 17.4 Å². The molecule has 0 saturated heterocycles. The summed E-state index contributed by atoms with van der Waals surface area (Å²) in [6.45, 7) is 6.79. The van der Waals surface area contributed by atoms with Crippen LogP contribution in [0.25, 0.3) is 0 Å². The highest BCUT2D eigenvalue weighted by atomic mass is 32.2. The molecule has 8 nitrogen and oxygen atoms in total. The SMILES string of the molecule is CCC(C)C(=O)CC(=O)SCCNC(=O)CCNC(=O)[C@H](O)C(C)(C)CO. The first-order valence-corrected chi connectivity index (χ1v) is 10.0. The van der Waals surface area contributed by atoms with Gasteiger partial charge in [-0.2, -0.15) is 0 Å². The van der Waals surface area contributed by atoms with E-state index in [0.29, 0.717) is 12.2 Å². The smallest absolute Gasteiger partial charge is 0.249 e. The molecule has 0 saturated carbocycles. The lowest BCUT2D eigenvalue weighted by atomic mass is 9.87. The molecule has 0 heterocycles. The number of nitrogens with one attached hydrogen (secondary N) is 2. The van der Waals surface area contributed by atoms with Crippen LogP contribution in [-0.2, 0) is 19.2 Å². The molecule has 4 N–H and O–H groups in total. The van der Waals surface area contributed by atoms with Crippen molar-refractivity contribution in [2.75, 3.05) is 25.4 Å². The van der Waals surface area contributed by atoms with Crippen molar-refractivity contribution in [3.05, 3.63) is 0 Å². The number of aliphatic hydroxyl groups is 2. The molecule has 2 atom stereocenters. The maximum absolute atomic E-state index is 11.8. The zero-order valence-electron chi connectivity index (χ0n) is 16.5. The zero-order chi connectivity index (χ0) is 21.0. The number of ketones is 1. The van der Waals surface area contributed by atoms with E-state index in [2.05, 4.69) is 10.6 Å². The van der Waals surface area contributed by atoms with E-state index in [1.54, 1.807) is 20.8 Å². The van der Waals surface area contributed by atoms with Crippen molar-refractivity contribution in [2.45, 2.75) is 53.1 Å². The fourth-order valence-corrected chi connectivity index (χ4v) is 2.55. The average molecular weight is 405 g/mol. The highest BCUT2D eigenvalue weighted by Crippen LogP contribution is 2.19. The van der Waals surface area contributed by atoms with Gasteiger partial charge in [0.2, 0.25) is 11.8 Å². The van der Waals surface area contributed by atoms with E-state index >= 15 is 0 Å². The Morgan fingerprint density at radius 2 is 1.74 bits per heavy atom. The van der Waals surface area contributed by atoms with Gasteiger partial charge in [-0.3, -0.25) is 19.2 Å². The van der Waals surface area contributed by atoms with Crippen LogP contribution in [0.3, 0.4) is 0 Å². The number of hydrogen-bond acceptors (Lipinski definition) is 7. The molecule has 0 radical (unpaired) electrons. The first-order chi connectivity index (χ1) is 12.5. The molecule has 0 spiro atoms. The second kappa shape index (κ2) is 12.9. The molecule has 0 aliphatic rings. The molecule has 1 unspecified atom stereocenters. The van der Waals surface area contributed by atoms with Crippen molar-refractivity contribution in [3.8, 4) is 0 Å². The Balaban J connectivity index is 3.92. The molecular weight excluding hydrogens is 372 g/mol. The van der Waals surface area contributed by atoms with Crippen LogP contribution in [0, 0.1) is 11.3 Å². The largest absolute Gasteiger partial charge is 0.396 e. The molecule has 9 heteroatoms. The molecule has 0 aromatic heterocycles. The summed E-state index contributed by atoms with van der Waals surface area (Å²) in [6, 6.07) is 0. The third kappa shape index (κ3) is 10.5. The number of carbonyl (C=O) groups is 4. The Morgan fingerprint density at radius 1 is 1.11 bits per heavy atom. The number of carbonyl (C=O) groups excluding carboxylic acids is 4. The first-order valence-electron chi connectivity index (χ1n) is 9.06. The van der Waals surface area contributed by atoms with Gasteiger partial charge in [-0.05, 0) is 6.42 Å². The van der Waals surface area contributed by atoms with Gasteiger partial charge in [0.25, 0.3) is 0 Å². The highest BCUT2D eigenvalue weighted by Gasteiger charge is 2.32. The van der Waals surface area contributed by atoms with Gasteiger partial charge < -0.3 is 20.8 Å². The average Bonchev–Trinajstić information content (AvgIpc) is 2.63. The summed E-state index contributed by atoms with van der Waals surface area (Å²) in [7, 11) is 0. The van der Waals surface area contributed by atoms with Crippen LogP contribution < -0.4 is 10.6 Å². The van der Waals surface area contributed by atoms with Crippen molar-refractivity contribution in [1.29, 1.82) is 0 Å². The van der Waals surface area contributed by atoms with Gasteiger partial charge in [-0.1, -0.05) is 39.5 Å². The van der Waals surface area contributed by atoms with E-state index in [4.69, 9.17) is 5.11 Å². The maximum Gasteiger partial charge on any atom is 0.249 e. The van der Waals surface area contributed by atoms with E-state index in [0.717, 1.165) is 11.8 Å². The summed E-state index contributed by atoms with van der Waals surface area (Å²) in [5.74, 6) is -0.759. The molecule has 0 aliphatic heterocycles. The molecule has 0 aromatic carbocycles. The van der Waals surface area contributed by atoms with E-state index in [-0.39, 0.29) is 55.3 Å². The minimum atomic E-state index is -1.37. The van der Waals surface area contributed by atoms with Gasteiger partial charge >= 0.3 is 0 Å². The lowest BCUT2D eigenvalue weighted by molar-refractivity contribution is -0.137.